The van der Waals surface area contributed by atoms with E-state index in [1.165, 1.54) is 12.5 Å². The van der Waals surface area contributed by atoms with E-state index in [9.17, 15) is 9.59 Å². The number of carbonyl (C=O) groups is 2. The maximum atomic E-state index is 11.1. The van der Waals surface area contributed by atoms with Crippen LogP contribution < -0.4 is 0 Å². The molecule has 1 aliphatic carbocycles. The molecule has 0 amide bonds. The highest BCUT2D eigenvalue weighted by Gasteiger charge is 2.24. The van der Waals surface area contributed by atoms with Crippen LogP contribution in [0.3, 0.4) is 0 Å². The maximum Gasteiger partial charge on any atom is 0.335 e. The van der Waals surface area contributed by atoms with Crippen LogP contribution in [0.5, 0.6) is 0 Å². The molecular formula is C13H14O3. The van der Waals surface area contributed by atoms with Gasteiger partial charge in [-0.2, -0.15) is 0 Å². The zero-order valence-electron chi connectivity index (χ0n) is 9.19. The Morgan fingerprint density at radius 3 is 2.56 bits per heavy atom. The second-order valence-corrected chi connectivity index (χ2v) is 4.33. The molecule has 1 aliphatic rings. The Hall–Kier alpha value is -1.64. The van der Waals surface area contributed by atoms with Crippen LogP contribution >= 0.6 is 0 Å². The van der Waals surface area contributed by atoms with Gasteiger partial charge in [0.05, 0.1) is 5.56 Å². The molecule has 0 unspecified atom stereocenters. The molecule has 0 heterocycles. The number of carbonyl (C=O) groups excluding carboxylic acids is 1. The minimum Gasteiger partial charge on any atom is -0.478 e. The third-order valence-corrected chi connectivity index (χ3v) is 3.38. The Morgan fingerprint density at radius 2 is 2.12 bits per heavy atom. The van der Waals surface area contributed by atoms with Crippen molar-refractivity contribution in [1.82, 2.24) is 0 Å². The SMILES string of the molecule is Cc1c(C(=O)O)cc(C=O)cc1C1CCC1. The monoisotopic (exact) mass is 218 g/mol. The first-order valence-electron chi connectivity index (χ1n) is 5.46. The Labute approximate surface area is 94.1 Å². The fraction of sp³-hybridized carbons (Fsp3) is 0.385. The zero-order chi connectivity index (χ0) is 11.7. The summed E-state index contributed by atoms with van der Waals surface area (Å²) in [5.74, 6) is -0.514. The van der Waals surface area contributed by atoms with E-state index in [1.807, 2.05) is 13.0 Å². The van der Waals surface area contributed by atoms with Crippen molar-refractivity contribution in [2.45, 2.75) is 32.1 Å². The smallest absolute Gasteiger partial charge is 0.335 e. The average Bonchev–Trinajstić information content (AvgIpc) is 2.17. The summed E-state index contributed by atoms with van der Waals surface area (Å²) >= 11 is 0. The number of aromatic carboxylic acids is 1. The van der Waals surface area contributed by atoms with Crippen LogP contribution in [0.15, 0.2) is 12.1 Å². The van der Waals surface area contributed by atoms with Crippen LogP contribution in [0.4, 0.5) is 0 Å². The standard InChI is InChI=1S/C13H14O3/c1-8-11(10-3-2-4-10)5-9(7-14)6-12(8)13(15)16/h5-7,10H,2-4H2,1H3,(H,15,16). The molecule has 0 spiro atoms. The van der Waals surface area contributed by atoms with E-state index in [0.29, 0.717) is 17.8 Å². The van der Waals surface area contributed by atoms with Crippen molar-refractivity contribution in [3.05, 3.63) is 34.4 Å². The summed E-state index contributed by atoms with van der Waals surface area (Å²) in [6, 6.07) is 3.28. The fourth-order valence-electron chi connectivity index (χ4n) is 2.19. The lowest BCUT2D eigenvalue weighted by Crippen LogP contribution is -2.13. The van der Waals surface area contributed by atoms with Gasteiger partial charge in [-0.3, -0.25) is 4.79 Å². The molecule has 3 nitrogen and oxygen atoms in total. The molecule has 0 saturated heterocycles. The average molecular weight is 218 g/mol. The molecule has 16 heavy (non-hydrogen) atoms. The molecule has 0 atom stereocenters. The predicted molar refractivity (Wildman–Crippen MR) is 60.1 cm³/mol. The summed E-state index contributed by atoms with van der Waals surface area (Å²) in [6.07, 6.45) is 4.11. The molecule has 1 aromatic carbocycles. The number of hydrogen-bond acceptors (Lipinski definition) is 2. The van der Waals surface area contributed by atoms with Crippen LogP contribution in [0.2, 0.25) is 0 Å². The van der Waals surface area contributed by atoms with E-state index in [1.54, 1.807) is 0 Å². The first-order chi connectivity index (χ1) is 7.63. The molecule has 2 rings (SSSR count). The minimum absolute atomic E-state index is 0.256. The van der Waals surface area contributed by atoms with Crippen molar-refractivity contribution in [3.8, 4) is 0 Å². The Kier molecular flexibility index (Phi) is 2.77. The first-order valence-corrected chi connectivity index (χ1v) is 5.46. The van der Waals surface area contributed by atoms with Gasteiger partial charge in [0.2, 0.25) is 0 Å². The van der Waals surface area contributed by atoms with Gasteiger partial charge in [-0.25, -0.2) is 4.79 Å². The molecule has 0 aromatic heterocycles. The Balaban J connectivity index is 2.53. The van der Waals surface area contributed by atoms with Crippen molar-refractivity contribution in [2.75, 3.05) is 0 Å². The van der Waals surface area contributed by atoms with Gasteiger partial charge in [0.1, 0.15) is 6.29 Å². The van der Waals surface area contributed by atoms with Crippen molar-refractivity contribution < 1.29 is 14.7 Å². The lowest BCUT2D eigenvalue weighted by molar-refractivity contribution is 0.0696. The third kappa shape index (κ3) is 1.73. The molecule has 3 heteroatoms. The molecule has 0 aliphatic heterocycles. The number of carboxylic acids is 1. The van der Waals surface area contributed by atoms with E-state index in [2.05, 4.69) is 0 Å². The van der Waals surface area contributed by atoms with Crippen LogP contribution in [0.1, 0.15) is 57.0 Å². The highest BCUT2D eigenvalue weighted by molar-refractivity contribution is 5.92. The van der Waals surface area contributed by atoms with Gasteiger partial charge in [0, 0.05) is 5.56 Å². The summed E-state index contributed by atoms with van der Waals surface area (Å²) in [5.41, 5.74) is 2.56. The molecule has 1 saturated carbocycles. The van der Waals surface area contributed by atoms with Gasteiger partial charge < -0.3 is 5.11 Å². The number of carboxylic acid groups (broad SMARTS) is 1. The summed E-state index contributed by atoms with van der Waals surface area (Å²) in [6.45, 7) is 1.83. The topological polar surface area (TPSA) is 54.4 Å². The maximum absolute atomic E-state index is 11.1. The second-order valence-electron chi connectivity index (χ2n) is 4.33. The highest BCUT2D eigenvalue weighted by Crippen LogP contribution is 2.39. The normalized spacial score (nSPS) is 15.6. The van der Waals surface area contributed by atoms with Gasteiger partial charge in [-0.05, 0) is 48.9 Å². The van der Waals surface area contributed by atoms with Crippen molar-refractivity contribution >= 4 is 12.3 Å². The molecule has 0 radical (unpaired) electrons. The summed E-state index contributed by atoms with van der Waals surface area (Å²) in [4.78, 5) is 21.8. The highest BCUT2D eigenvalue weighted by atomic mass is 16.4. The Bertz CT molecular complexity index is 445. The van der Waals surface area contributed by atoms with Gasteiger partial charge in [0.25, 0.3) is 0 Å². The van der Waals surface area contributed by atoms with Crippen LogP contribution in [0.25, 0.3) is 0 Å². The lowest BCUT2D eigenvalue weighted by Gasteiger charge is -2.28. The van der Waals surface area contributed by atoms with Gasteiger partial charge in [-0.15, -0.1) is 0 Å². The van der Waals surface area contributed by atoms with Crippen molar-refractivity contribution in [1.29, 1.82) is 0 Å². The van der Waals surface area contributed by atoms with Crippen LogP contribution in [0, 0.1) is 6.92 Å². The van der Waals surface area contributed by atoms with Gasteiger partial charge in [-0.1, -0.05) is 6.42 Å². The van der Waals surface area contributed by atoms with Crippen molar-refractivity contribution in [3.63, 3.8) is 0 Å². The lowest BCUT2D eigenvalue weighted by atomic mass is 9.77. The van der Waals surface area contributed by atoms with Crippen LogP contribution in [-0.2, 0) is 0 Å². The number of rotatable bonds is 3. The van der Waals surface area contributed by atoms with Gasteiger partial charge in [0.15, 0.2) is 0 Å². The summed E-state index contributed by atoms with van der Waals surface area (Å²) in [5, 5.41) is 9.07. The zero-order valence-corrected chi connectivity index (χ0v) is 9.19. The van der Waals surface area contributed by atoms with Crippen LogP contribution in [-0.4, -0.2) is 17.4 Å². The quantitative estimate of drug-likeness (QED) is 0.793. The van der Waals surface area contributed by atoms with E-state index < -0.39 is 5.97 Å². The van der Waals surface area contributed by atoms with E-state index in [-0.39, 0.29) is 5.56 Å². The molecule has 1 aromatic rings. The largest absolute Gasteiger partial charge is 0.478 e. The van der Waals surface area contributed by atoms with Crippen molar-refractivity contribution in [2.24, 2.45) is 0 Å². The number of aldehydes is 1. The summed E-state index contributed by atoms with van der Waals surface area (Å²) in [7, 11) is 0. The second kappa shape index (κ2) is 4.08. The van der Waals surface area contributed by atoms with E-state index >= 15 is 0 Å². The predicted octanol–water partition coefficient (Wildman–Crippen LogP) is 2.77. The molecule has 1 N–H and O–H groups in total. The first kappa shape index (κ1) is 10.9. The molecule has 1 fully saturated rings. The molecule has 0 bridgehead atoms. The van der Waals surface area contributed by atoms with Gasteiger partial charge >= 0.3 is 5.97 Å². The molecular weight excluding hydrogens is 204 g/mol. The summed E-state index contributed by atoms with van der Waals surface area (Å²) < 4.78 is 0. The van der Waals surface area contributed by atoms with E-state index in [4.69, 9.17) is 5.11 Å². The fourth-order valence-corrected chi connectivity index (χ4v) is 2.19. The number of hydrogen-bond donors (Lipinski definition) is 1. The molecule has 84 valence electrons. The third-order valence-electron chi connectivity index (χ3n) is 3.38. The van der Waals surface area contributed by atoms with E-state index in [0.717, 1.165) is 24.0 Å². The minimum atomic E-state index is -0.957. The number of benzene rings is 1. The Morgan fingerprint density at radius 1 is 1.44 bits per heavy atom.